The Hall–Kier alpha value is -2.44. The number of anilines is 2. The van der Waals surface area contributed by atoms with Gasteiger partial charge in [0.05, 0.1) is 5.69 Å². The highest BCUT2D eigenvalue weighted by Gasteiger charge is 2.23. The van der Waals surface area contributed by atoms with Crippen LogP contribution in [-0.4, -0.2) is 37.1 Å². The molecule has 0 atom stereocenters. The molecule has 0 spiro atoms. The van der Waals surface area contributed by atoms with Gasteiger partial charge in [0, 0.05) is 25.3 Å². The van der Waals surface area contributed by atoms with Gasteiger partial charge in [-0.15, -0.1) is 0 Å². The van der Waals surface area contributed by atoms with E-state index in [-0.39, 0.29) is 5.69 Å². The number of carbonyl (C=O) groups is 1. The fraction of sp³-hybridized carbons (Fsp3) is 0.409. The second-order valence-electron chi connectivity index (χ2n) is 7.68. The first-order valence-electron chi connectivity index (χ1n) is 10.1. The zero-order valence-corrected chi connectivity index (χ0v) is 16.0. The van der Waals surface area contributed by atoms with Crippen molar-refractivity contribution in [1.29, 1.82) is 0 Å². The number of para-hydroxylation sites is 1. The molecule has 2 aliphatic heterocycles. The van der Waals surface area contributed by atoms with E-state index in [2.05, 4.69) is 26.9 Å². The first kappa shape index (κ1) is 18.9. The van der Waals surface area contributed by atoms with Gasteiger partial charge in [-0.25, -0.2) is 9.18 Å². The largest absolute Gasteiger partial charge is 0.323 e. The van der Waals surface area contributed by atoms with Gasteiger partial charge in [0.1, 0.15) is 5.82 Å². The van der Waals surface area contributed by atoms with Crippen molar-refractivity contribution >= 4 is 17.4 Å². The Balaban J connectivity index is 1.40. The molecule has 2 aromatic carbocycles. The van der Waals surface area contributed by atoms with Gasteiger partial charge >= 0.3 is 6.03 Å². The molecule has 6 heteroatoms. The minimum atomic E-state index is -0.443. The summed E-state index contributed by atoms with van der Waals surface area (Å²) in [6.45, 7) is 5.32. The van der Waals surface area contributed by atoms with Crippen LogP contribution in [0.5, 0.6) is 0 Å². The summed E-state index contributed by atoms with van der Waals surface area (Å²) in [5.74, 6) is 0.331. The first-order chi connectivity index (χ1) is 13.7. The number of halogens is 1. The van der Waals surface area contributed by atoms with Gasteiger partial charge in [0.25, 0.3) is 0 Å². The van der Waals surface area contributed by atoms with Crippen LogP contribution >= 0.6 is 0 Å². The highest BCUT2D eigenvalue weighted by Crippen LogP contribution is 2.28. The molecule has 0 radical (unpaired) electrons. The van der Waals surface area contributed by atoms with Gasteiger partial charge in [-0.2, -0.15) is 0 Å². The van der Waals surface area contributed by atoms with Gasteiger partial charge < -0.3 is 16.0 Å². The van der Waals surface area contributed by atoms with Gasteiger partial charge in [-0.05, 0) is 67.6 Å². The third kappa shape index (κ3) is 4.51. The Morgan fingerprint density at radius 1 is 1.07 bits per heavy atom. The maximum absolute atomic E-state index is 13.7. The molecule has 0 aliphatic carbocycles. The number of piperidine rings is 1. The Morgan fingerprint density at radius 3 is 2.64 bits per heavy atom. The van der Waals surface area contributed by atoms with E-state index >= 15 is 0 Å². The lowest BCUT2D eigenvalue weighted by Gasteiger charge is -2.34. The minimum Gasteiger partial charge on any atom is -0.317 e. The summed E-state index contributed by atoms with van der Waals surface area (Å²) in [5.41, 5.74) is 3.45. The normalized spacial score (nSPS) is 17.8. The molecular weight excluding hydrogens is 355 g/mol. The molecule has 0 unspecified atom stereocenters. The van der Waals surface area contributed by atoms with Crippen molar-refractivity contribution in [2.45, 2.75) is 25.8 Å². The maximum atomic E-state index is 13.7. The maximum Gasteiger partial charge on any atom is 0.323 e. The van der Waals surface area contributed by atoms with Crippen LogP contribution in [0, 0.1) is 11.7 Å². The standard InChI is InChI=1S/C22H27FN4O/c23-19-5-1-2-6-21(19)26-22(28)25-20-7-3-4-17-15-27(13-10-18(17)20)14-16-8-11-24-12-9-16/h1-7,16,24H,8-15H2,(H2,25,26,28). The number of urea groups is 1. The first-order valence-corrected chi connectivity index (χ1v) is 10.1. The third-order valence-corrected chi connectivity index (χ3v) is 5.69. The van der Waals surface area contributed by atoms with Crippen LogP contribution in [-0.2, 0) is 13.0 Å². The number of hydrogen-bond donors (Lipinski definition) is 3. The number of hydrogen-bond acceptors (Lipinski definition) is 3. The van der Waals surface area contributed by atoms with Crippen molar-refractivity contribution in [3.05, 3.63) is 59.4 Å². The summed E-state index contributed by atoms with van der Waals surface area (Å²) in [6, 6.07) is 11.8. The van der Waals surface area contributed by atoms with Crippen molar-refractivity contribution in [3.63, 3.8) is 0 Å². The fourth-order valence-corrected chi connectivity index (χ4v) is 4.21. The van der Waals surface area contributed by atoms with Crippen LogP contribution < -0.4 is 16.0 Å². The molecule has 0 bridgehead atoms. The molecule has 5 nitrogen and oxygen atoms in total. The summed E-state index contributed by atoms with van der Waals surface area (Å²) in [4.78, 5) is 14.9. The number of rotatable bonds is 4. The number of benzene rings is 2. The average molecular weight is 382 g/mol. The molecule has 0 saturated carbocycles. The van der Waals surface area contributed by atoms with Crippen molar-refractivity contribution in [2.75, 3.05) is 36.8 Å². The number of carbonyl (C=O) groups excluding carboxylic acids is 1. The number of amides is 2. The van der Waals surface area contributed by atoms with Crippen molar-refractivity contribution in [2.24, 2.45) is 5.92 Å². The van der Waals surface area contributed by atoms with Gasteiger partial charge in [-0.3, -0.25) is 4.90 Å². The van der Waals surface area contributed by atoms with E-state index in [9.17, 15) is 9.18 Å². The monoisotopic (exact) mass is 382 g/mol. The van der Waals surface area contributed by atoms with Crippen molar-refractivity contribution < 1.29 is 9.18 Å². The van der Waals surface area contributed by atoms with Gasteiger partial charge in [-0.1, -0.05) is 24.3 Å². The predicted octanol–water partition coefficient (Wildman–Crippen LogP) is 3.83. The number of fused-ring (bicyclic) bond motifs is 1. The summed E-state index contributed by atoms with van der Waals surface area (Å²) < 4.78 is 13.7. The molecule has 4 rings (SSSR count). The SMILES string of the molecule is O=C(Nc1ccccc1F)Nc1cccc2c1CCN(CC1CCNCC1)C2. The fourth-order valence-electron chi connectivity index (χ4n) is 4.21. The molecule has 0 aromatic heterocycles. The molecule has 1 saturated heterocycles. The Morgan fingerprint density at radius 2 is 1.82 bits per heavy atom. The summed E-state index contributed by atoms with van der Waals surface area (Å²) in [5, 5.41) is 8.91. The van der Waals surface area contributed by atoms with Gasteiger partial charge in [0.15, 0.2) is 0 Å². The van der Waals surface area contributed by atoms with E-state index in [1.807, 2.05) is 12.1 Å². The van der Waals surface area contributed by atoms with Crippen LogP contribution in [0.4, 0.5) is 20.6 Å². The highest BCUT2D eigenvalue weighted by molar-refractivity contribution is 6.00. The lowest BCUT2D eigenvalue weighted by Crippen LogP contribution is -2.38. The highest BCUT2D eigenvalue weighted by atomic mass is 19.1. The molecular formula is C22H27FN4O. The average Bonchev–Trinajstić information content (AvgIpc) is 2.70. The van der Waals surface area contributed by atoms with Crippen molar-refractivity contribution in [1.82, 2.24) is 10.2 Å². The van der Waals surface area contributed by atoms with Crippen LogP contribution in [0.3, 0.4) is 0 Å². The van der Waals surface area contributed by atoms with E-state index in [4.69, 9.17) is 0 Å². The van der Waals surface area contributed by atoms with Crippen LogP contribution in [0.25, 0.3) is 0 Å². The zero-order valence-electron chi connectivity index (χ0n) is 16.0. The molecule has 2 aromatic rings. The molecule has 2 heterocycles. The Bertz CT molecular complexity index is 835. The van der Waals surface area contributed by atoms with Crippen LogP contribution in [0.15, 0.2) is 42.5 Å². The lowest BCUT2D eigenvalue weighted by atomic mass is 9.94. The van der Waals surface area contributed by atoms with Crippen LogP contribution in [0.1, 0.15) is 24.0 Å². The Kier molecular flexibility index (Phi) is 5.88. The van der Waals surface area contributed by atoms with Gasteiger partial charge in [0.2, 0.25) is 0 Å². The summed E-state index contributed by atoms with van der Waals surface area (Å²) in [6.07, 6.45) is 3.42. The quantitative estimate of drug-likeness (QED) is 0.753. The lowest BCUT2D eigenvalue weighted by molar-refractivity contribution is 0.191. The van der Waals surface area contributed by atoms with E-state index < -0.39 is 11.8 Å². The molecule has 1 fully saturated rings. The summed E-state index contributed by atoms with van der Waals surface area (Å²) in [7, 11) is 0. The molecule has 2 aliphatic rings. The third-order valence-electron chi connectivity index (χ3n) is 5.69. The minimum absolute atomic E-state index is 0.179. The van der Waals surface area contributed by atoms with Crippen LogP contribution in [0.2, 0.25) is 0 Å². The number of nitrogens with zero attached hydrogens (tertiary/aromatic N) is 1. The predicted molar refractivity (Wildman–Crippen MR) is 110 cm³/mol. The topological polar surface area (TPSA) is 56.4 Å². The smallest absolute Gasteiger partial charge is 0.317 e. The Labute approximate surface area is 165 Å². The second-order valence-corrected chi connectivity index (χ2v) is 7.68. The molecule has 2 amide bonds. The van der Waals surface area contributed by atoms with E-state index in [1.165, 1.54) is 30.0 Å². The van der Waals surface area contributed by atoms with E-state index in [0.29, 0.717) is 0 Å². The second kappa shape index (κ2) is 8.71. The zero-order chi connectivity index (χ0) is 19.3. The molecule has 28 heavy (non-hydrogen) atoms. The van der Waals surface area contributed by atoms with E-state index in [0.717, 1.165) is 50.7 Å². The number of nitrogens with one attached hydrogen (secondary N) is 3. The molecule has 148 valence electrons. The van der Waals surface area contributed by atoms with E-state index in [1.54, 1.807) is 18.2 Å². The summed E-state index contributed by atoms with van der Waals surface area (Å²) >= 11 is 0. The van der Waals surface area contributed by atoms with Crippen molar-refractivity contribution in [3.8, 4) is 0 Å². The molecule has 3 N–H and O–H groups in total.